The van der Waals surface area contributed by atoms with Crippen molar-refractivity contribution >= 4 is 34.1 Å². The molecule has 0 aliphatic carbocycles. The number of para-hydroxylation sites is 2. The van der Waals surface area contributed by atoms with Crippen LogP contribution in [0, 0.1) is 0 Å². The zero-order valence-electron chi connectivity index (χ0n) is 12.8. The van der Waals surface area contributed by atoms with Gasteiger partial charge in [0.1, 0.15) is 5.82 Å². The summed E-state index contributed by atoms with van der Waals surface area (Å²) in [6.45, 7) is 2.36. The number of carbonyl (C=O) groups is 1. The third kappa shape index (κ3) is 2.50. The summed E-state index contributed by atoms with van der Waals surface area (Å²) < 4.78 is 0. The van der Waals surface area contributed by atoms with Crippen molar-refractivity contribution in [1.29, 1.82) is 0 Å². The zero-order chi connectivity index (χ0) is 15.8. The van der Waals surface area contributed by atoms with Crippen molar-refractivity contribution < 1.29 is 4.79 Å². The minimum Gasteiger partial charge on any atom is -0.339 e. The summed E-state index contributed by atoms with van der Waals surface area (Å²) in [5.41, 5.74) is 4.89. The van der Waals surface area contributed by atoms with Crippen LogP contribution in [0.25, 0.3) is 11.0 Å². The predicted molar refractivity (Wildman–Crippen MR) is 91.0 cm³/mol. The Hall–Kier alpha value is -2.95. The number of hydrogen-bond donors (Lipinski definition) is 1. The van der Waals surface area contributed by atoms with E-state index in [1.54, 1.807) is 13.1 Å². The average Bonchev–Trinajstić information content (AvgIpc) is 2.98. The van der Waals surface area contributed by atoms with Gasteiger partial charge < -0.3 is 10.2 Å². The summed E-state index contributed by atoms with van der Waals surface area (Å²) in [5, 5.41) is 3.29. The van der Waals surface area contributed by atoms with Gasteiger partial charge in [0.25, 0.3) is 0 Å². The monoisotopic (exact) mass is 304 g/mol. The molecule has 1 aliphatic heterocycles. The first-order valence-electron chi connectivity index (χ1n) is 7.60. The van der Waals surface area contributed by atoms with Crippen molar-refractivity contribution in [1.82, 2.24) is 9.97 Å². The molecule has 1 aromatic heterocycles. The number of nitrogens with zero attached hydrogens (tertiary/aromatic N) is 3. The smallest absolute Gasteiger partial charge is 0.223 e. The second kappa shape index (κ2) is 5.35. The molecule has 114 valence electrons. The van der Waals surface area contributed by atoms with E-state index in [1.165, 1.54) is 5.56 Å². The number of fused-ring (bicyclic) bond motifs is 2. The molecule has 0 atom stereocenters. The minimum atomic E-state index is 0.0878. The number of amides is 1. The quantitative estimate of drug-likeness (QED) is 0.789. The zero-order valence-corrected chi connectivity index (χ0v) is 12.8. The van der Waals surface area contributed by atoms with Crippen molar-refractivity contribution in [3.63, 3.8) is 0 Å². The fraction of sp³-hybridized carbons (Fsp3) is 0.167. The van der Waals surface area contributed by atoms with E-state index in [0.717, 1.165) is 35.4 Å². The van der Waals surface area contributed by atoms with Gasteiger partial charge in [-0.05, 0) is 42.3 Å². The van der Waals surface area contributed by atoms with Gasteiger partial charge in [-0.25, -0.2) is 4.98 Å². The standard InChI is InChI=1S/C18H16N4O/c1-12(23)22-9-8-13-10-14(6-7-17(13)22)20-18-11-19-15-4-2-3-5-16(15)21-18/h2-7,10-11H,8-9H2,1H3,(H,20,21). The van der Waals surface area contributed by atoms with Gasteiger partial charge in [-0.15, -0.1) is 0 Å². The first kappa shape index (κ1) is 13.7. The van der Waals surface area contributed by atoms with Crippen LogP contribution in [0.2, 0.25) is 0 Å². The van der Waals surface area contributed by atoms with Crippen LogP contribution in [-0.2, 0) is 11.2 Å². The van der Waals surface area contributed by atoms with E-state index in [2.05, 4.69) is 21.4 Å². The summed E-state index contributed by atoms with van der Waals surface area (Å²) in [7, 11) is 0. The summed E-state index contributed by atoms with van der Waals surface area (Å²) in [6, 6.07) is 13.8. The van der Waals surface area contributed by atoms with Gasteiger partial charge in [0.05, 0.1) is 17.2 Å². The third-order valence-corrected chi connectivity index (χ3v) is 4.08. The van der Waals surface area contributed by atoms with Crippen molar-refractivity contribution in [2.75, 3.05) is 16.8 Å². The molecule has 0 bridgehead atoms. The topological polar surface area (TPSA) is 58.1 Å². The first-order valence-corrected chi connectivity index (χ1v) is 7.60. The summed E-state index contributed by atoms with van der Waals surface area (Å²) in [6.07, 6.45) is 2.62. The van der Waals surface area contributed by atoms with Crippen molar-refractivity contribution in [3.8, 4) is 0 Å². The minimum absolute atomic E-state index is 0.0878. The van der Waals surface area contributed by atoms with Gasteiger partial charge in [0.2, 0.25) is 5.91 Å². The molecule has 0 saturated heterocycles. The summed E-state index contributed by atoms with van der Waals surface area (Å²) in [5.74, 6) is 0.801. The SMILES string of the molecule is CC(=O)N1CCc2cc(Nc3cnc4ccccc4n3)ccc21. The van der Waals surface area contributed by atoms with Crippen molar-refractivity contribution in [2.24, 2.45) is 0 Å². The molecule has 5 heteroatoms. The molecule has 1 amide bonds. The predicted octanol–water partition coefficient (Wildman–Crippen LogP) is 3.28. The Morgan fingerprint density at radius 2 is 2.00 bits per heavy atom. The molecule has 4 rings (SSSR count). The van der Waals surface area contributed by atoms with E-state index < -0.39 is 0 Å². The second-order valence-corrected chi connectivity index (χ2v) is 5.63. The maximum absolute atomic E-state index is 11.6. The third-order valence-electron chi connectivity index (χ3n) is 4.08. The van der Waals surface area contributed by atoms with Crippen LogP contribution in [0.15, 0.2) is 48.7 Å². The molecule has 5 nitrogen and oxygen atoms in total. The lowest BCUT2D eigenvalue weighted by Crippen LogP contribution is -2.25. The lowest BCUT2D eigenvalue weighted by molar-refractivity contribution is -0.116. The van der Waals surface area contributed by atoms with E-state index in [1.807, 2.05) is 41.3 Å². The number of anilines is 3. The Kier molecular flexibility index (Phi) is 3.19. The fourth-order valence-electron chi connectivity index (χ4n) is 2.97. The van der Waals surface area contributed by atoms with Crippen LogP contribution in [0.4, 0.5) is 17.2 Å². The summed E-state index contributed by atoms with van der Waals surface area (Å²) >= 11 is 0. The van der Waals surface area contributed by atoms with Crippen LogP contribution in [0.1, 0.15) is 12.5 Å². The lowest BCUT2D eigenvalue weighted by atomic mass is 10.1. The van der Waals surface area contributed by atoms with E-state index >= 15 is 0 Å². The van der Waals surface area contributed by atoms with Crippen LogP contribution in [0.3, 0.4) is 0 Å². The molecule has 0 saturated carbocycles. The largest absolute Gasteiger partial charge is 0.339 e. The maximum Gasteiger partial charge on any atom is 0.223 e. The second-order valence-electron chi connectivity index (χ2n) is 5.63. The molecule has 23 heavy (non-hydrogen) atoms. The van der Waals surface area contributed by atoms with E-state index in [4.69, 9.17) is 0 Å². The van der Waals surface area contributed by atoms with Crippen LogP contribution < -0.4 is 10.2 Å². The summed E-state index contributed by atoms with van der Waals surface area (Å²) in [4.78, 5) is 22.4. The Bertz CT molecular complexity index is 906. The molecule has 0 unspecified atom stereocenters. The molecular weight excluding hydrogens is 288 g/mol. The molecule has 2 heterocycles. The Morgan fingerprint density at radius 3 is 2.83 bits per heavy atom. The first-order chi connectivity index (χ1) is 11.2. The highest BCUT2D eigenvalue weighted by Gasteiger charge is 2.22. The van der Waals surface area contributed by atoms with E-state index in [-0.39, 0.29) is 5.91 Å². The molecular formula is C18H16N4O. The Labute approximate surface area is 134 Å². The number of nitrogens with one attached hydrogen (secondary N) is 1. The van der Waals surface area contributed by atoms with Gasteiger partial charge in [0.15, 0.2) is 0 Å². The van der Waals surface area contributed by atoms with Gasteiger partial charge in [-0.1, -0.05) is 12.1 Å². The van der Waals surface area contributed by atoms with Crippen LogP contribution >= 0.6 is 0 Å². The number of aromatic nitrogens is 2. The number of benzene rings is 2. The van der Waals surface area contributed by atoms with Crippen molar-refractivity contribution in [3.05, 3.63) is 54.2 Å². The average molecular weight is 304 g/mol. The van der Waals surface area contributed by atoms with Crippen molar-refractivity contribution in [2.45, 2.75) is 13.3 Å². The lowest BCUT2D eigenvalue weighted by Gasteiger charge is -2.15. The van der Waals surface area contributed by atoms with Crippen LogP contribution in [0.5, 0.6) is 0 Å². The van der Waals surface area contributed by atoms with Gasteiger partial charge in [0, 0.05) is 24.8 Å². The molecule has 3 aromatic rings. The highest BCUT2D eigenvalue weighted by atomic mass is 16.2. The molecule has 0 spiro atoms. The van der Waals surface area contributed by atoms with Gasteiger partial charge >= 0.3 is 0 Å². The number of hydrogen-bond acceptors (Lipinski definition) is 4. The molecule has 2 aromatic carbocycles. The molecule has 0 fully saturated rings. The molecule has 0 radical (unpaired) electrons. The normalized spacial score (nSPS) is 13.2. The fourth-order valence-corrected chi connectivity index (χ4v) is 2.97. The van der Waals surface area contributed by atoms with Gasteiger partial charge in [-0.3, -0.25) is 9.78 Å². The highest BCUT2D eigenvalue weighted by molar-refractivity contribution is 5.94. The van der Waals surface area contributed by atoms with E-state index in [9.17, 15) is 4.79 Å². The van der Waals surface area contributed by atoms with E-state index in [0.29, 0.717) is 5.82 Å². The number of rotatable bonds is 2. The Morgan fingerprint density at radius 1 is 1.17 bits per heavy atom. The highest BCUT2D eigenvalue weighted by Crippen LogP contribution is 2.31. The van der Waals surface area contributed by atoms with Gasteiger partial charge in [-0.2, -0.15) is 0 Å². The number of carbonyl (C=O) groups excluding carboxylic acids is 1. The maximum atomic E-state index is 11.6. The van der Waals surface area contributed by atoms with Crippen LogP contribution in [-0.4, -0.2) is 22.4 Å². The molecule has 1 aliphatic rings. The molecule has 1 N–H and O–H groups in total. The Balaban J connectivity index is 1.62.